The maximum atomic E-state index is 12.9. The van der Waals surface area contributed by atoms with E-state index in [2.05, 4.69) is 15.1 Å². The number of fused-ring (bicyclic) bond motifs is 1. The van der Waals surface area contributed by atoms with E-state index in [1.807, 2.05) is 43.1 Å². The van der Waals surface area contributed by atoms with Crippen LogP contribution in [0.25, 0.3) is 11.2 Å². The van der Waals surface area contributed by atoms with E-state index in [0.717, 1.165) is 35.4 Å². The Morgan fingerprint density at radius 2 is 1.80 bits per heavy atom. The number of hydrogen-bond donors (Lipinski definition) is 0. The summed E-state index contributed by atoms with van der Waals surface area (Å²) in [4.78, 5) is 23.6. The van der Waals surface area contributed by atoms with Gasteiger partial charge < -0.3 is 14.4 Å². The van der Waals surface area contributed by atoms with Crippen molar-refractivity contribution in [2.24, 2.45) is 7.05 Å². The van der Waals surface area contributed by atoms with Crippen molar-refractivity contribution in [3.63, 3.8) is 0 Å². The highest BCUT2D eigenvalue weighted by Gasteiger charge is 2.30. The molecule has 1 aliphatic rings. The Bertz CT molecular complexity index is 1010. The zero-order chi connectivity index (χ0) is 21.1. The van der Waals surface area contributed by atoms with Gasteiger partial charge in [-0.15, -0.1) is 0 Å². The number of likely N-dealkylation sites (tertiary alicyclic amines) is 1. The van der Waals surface area contributed by atoms with E-state index in [0.29, 0.717) is 25.4 Å². The summed E-state index contributed by atoms with van der Waals surface area (Å²) in [6, 6.07) is 7.35. The highest BCUT2D eigenvalue weighted by atomic mass is 16.5. The summed E-state index contributed by atoms with van der Waals surface area (Å²) < 4.78 is 13.1. The van der Waals surface area contributed by atoms with Crippen molar-refractivity contribution in [1.29, 1.82) is 0 Å². The highest BCUT2D eigenvalue weighted by Crippen LogP contribution is 2.31. The molecule has 8 heteroatoms. The van der Waals surface area contributed by atoms with Gasteiger partial charge in [0.2, 0.25) is 0 Å². The van der Waals surface area contributed by atoms with Crippen molar-refractivity contribution in [2.45, 2.75) is 38.7 Å². The Hall–Kier alpha value is -3.16. The molecule has 1 fully saturated rings. The van der Waals surface area contributed by atoms with Gasteiger partial charge in [-0.3, -0.25) is 4.79 Å². The summed E-state index contributed by atoms with van der Waals surface area (Å²) >= 11 is 0. The second-order valence-corrected chi connectivity index (χ2v) is 7.50. The minimum absolute atomic E-state index is 0.00741. The Morgan fingerprint density at radius 3 is 2.50 bits per heavy atom. The number of aryl methyl sites for hydroxylation is 1. The van der Waals surface area contributed by atoms with Crippen LogP contribution < -0.4 is 9.47 Å². The van der Waals surface area contributed by atoms with Crippen molar-refractivity contribution in [3.05, 3.63) is 42.4 Å². The predicted octanol–water partition coefficient (Wildman–Crippen LogP) is 2.94. The van der Waals surface area contributed by atoms with E-state index < -0.39 is 6.10 Å². The molecule has 2 aromatic heterocycles. The number of carbonyl (C=O) groups is 1. The van der Waals surface area contributed by atoms with Gasteiger partial charge in [0, 0.05) is 38.4 Å². The molecule has 0 aliphatic carbocycles. The van der Waals surface area contributed by atoms with E-state index in [4.69, 9.17) is 9.47 Å². The Labute approximate surface area is 175 Å². The van der Waals surface area contributed by atoms with Crippen LogP contribution in [0.3, 0.4) is 0 Å². The quantitative estimate of drug-likeness (QED) is 0.623. The fourth-order valence-electron chi connectivity index (χ4n) is 3.95. The molecule has 0 saturated carbocycles. The number of rotatable bonds is 6. The standard InChI is InChI=1S/C22H27N5O3/c1-4-29-17-5-7-18(8-6-17)30-15(2)22(28)27-13-9-16(10-14-27)19-20-21(26(3)25-19)24-12-11-23-20/h5-8,11-12,15-16H,4,9-10,13-14H2,1-3H3/t15-/m1/s1. The number of amides is 1. The Morgan fingerprint density at radius 1 is 1.13 bits per heavy atom. The van der Waals surface area contributed by atoms with Crippen LogP contribution in [0.4, 0.5) is 0 Å². The van der Waals surface area contributed by atoms with Gasteiger partial charge in [-0.25, -0.2) is 14.6 Å². The number of carbonyl (C=O) groups excluding carboxylic acids is 1. The lowest BCUT2D eigenvalue weighted by Crippen LogP contribution is -2.44. The molecule has 8 nitrogen and oxygen atoms in total. The van der Waals surface area contributed by atoms with Gasteiger partial charge in [-0.1, -0.05) is 0 Å². The average molecular weight is 409 g/mol. The van der Waals surface area contributed by atoms with Gasteiger partial charge in [0.25, 0.3) is 5.91 Å². The van der Waals surface area contributed by atoms with Crippen molar-refractivity contribution in [2.75, 3.05) is 19.7 Å². The van der Waals surface area contributed by atoms with Crippen molar-refractivity contribution < 1.29 is 14.3 Å². The molecule has 1 saturated heterocycles. The van der Waals surface area contributed by atoms with E-state index in [-0.39, 0.29) is 11.8 Å². The van der Waals surface area contributed by atoms with Gasteiger partial charge >= 0.3 is 0 Å². The van der Waals surface area contributed by atoms with Crippen LogP contribution in [0.5, 0.6) is 11.5 Å². The van der Waals surface area contributed by atoms with Gasteiger partial charge in [-0.05, 0) is 51.0 Å². The highest BCUT2D eigenvalue weighted by molar-refractivity contribution is 5.81. The summed E-state index contributed by atoms with van der Waals surface area (Å²) in [6.45, 7) is 5.72. The van der Waals surface area contributed by atoms with Gasteiger partial charge in [0.1, 0.15) is 17.0 Å². The zero-order valence-corrected chi connectivity index (χ0v) is 17.6. The molecule has 0 radical (unpaired) electrons. The summed E-state index contributed by atoms with van der Waals surface area (Å²) in [6.07, 6.45) is 4.54. The van der Waals surface area contributed by atoms with E-state index in [9.17, 15) is 4.79 Å². The number of nitrogens with zero attached hydrogens (tertiary/aromatic N) is 5. The van der Waals surface area contributed by atoms with Crippen LogP contribution in [0.2, 0.25) is 0 Å². The summed E-state index contributed by atoms with van der Waals surface area (Å²) in [7, 11) is 1.89. The smallest absolute Gasteiger partial charge is 0.263 e. The molecule has 0 N–H and O–H groups in total. The van der Waals surface area contributed by atoms with E-state index in [1.165, 1.54) is 0 Å². The van der Waals surface area contributed by atoms with Crippen molar-refractivity contribution in [1.82, 2.24) is 24.6 Å². The average Bonchev–Trinajstić information content (AvgIpc) is 3.12. The first-order valence-corrected chi connectivity index (χ1v) is 10.4. The fourth-order valence-corrected chi connectivity index (χ4v) is 3.95. The van der Waals surface area contributed by atoms with Crippen LogP contribution in [0.1, 0.15) is 38.3 Å². The second kappa shape index (κ2) is 8.69. The van der Waals surface area contributed by atoms with Gasteiger partial charge in [0.15, 0.2) is 11.8 Å². The van der Waals surface area contributed by atoms with E-state index >= 15 is 0 Å². The largest absolute Gasteiger partial charge is 0.494 e. The molecule has 0 spiro atoms. The molecule has 0 unspecified atom stereocenters. The molecular formula is C22H27N5O3. The first-order chi connectivity index (χ1) is 14.6. The number of hydrogen-bond acceptors (Lipinski definition) is 6. The topological polar surface area (TPSA) is 82.4 Å². The summed E-state index contributed by atoms with van der Waals surface area (Å²) in [5.74, 6) is 1.73. The van der Waals surface area contributed by atoms with Crippen molar-refractivity contribution in [3.8, 4) is 11.5 Å². The number of aromatic nitrogens is 4. The molecule has 1 aromatic carbocycles. The summed E-state index contributed by atoms with van der Waals surface area (Å²) in [5, 5.41) is 4.65. The lowest BCUT2D eigenvalue weighted by atomic mass is 9.93. The Balaban J connectivity index is 1.35. The molecule has 1 atom stereocenters. The maximum Gasteiger partial charge on any atom is 0.263 e. The zero-order valence-electron chi connectivity index (χ0n) is 17.6. The van der Waals surface area contributed by atoms with Gasteiger partial charge in [0.05, 0.1) is 12.3 Å². The summed E-state index contributed by atoms with van der Waals surface area (Å²) in [5.41, 5.74) is 2.63. The minimum Gasteiger partial charge on any atom is -0.494 e. The number of piperidine rings is 1. The molecule has 1 amide bonds. The SMILES string of the molecule is CCOc1ccc(O[C@H](C)C(=O)N2CCC(c3nn(C)c4nccnc34)CC2)cc1. The van der Waals surface area contributed by atoms with Crippen LogP contribution in [0.15, 0.2) is 36.7 Å². The molecule has 30 heavy (non-hydrogen) atoms. The normalized spacial score (nSPS) is 15.9. The first kappa shape index (κ1) is 20.1. The first-order valence-electron chi connectivity index (χ1n) is 10.4. The Kier molecular flexibility index (Phi) is 5.83. The fraction of sp³-hybridized carbons (Fsp3) is 0.455. The lowest BCUT2D eigenvalue weighted by Gasteiger charge is -2.33. The van der Waals surface area contributed by atoms with Crippen molar-refractivity contribution >= 4 is 17.1 Å². The van der Waals surface area contributed by atoms with Crippen LogP contribution in [0, 0.1) is 0 Å². The molecule has 4 rings (SSSR count). The third-order valence-electron chi connectivity index (χ3n) is 5.47. The molecule has 3 heterocycles. The number of ether oxygens (including phenoxy) is 2. The molecule has 1 aliphatic heterocycles. The van der Waals surface area contributed by atoms with Crippen LogP contribution in [-0.4, -0.2) is 56.4 Å². The van der Waals surface area contributed by atoms with Gasteiger partial charge in [-0.2, -0.15) is 5.10 Å². The third-order valence-corrected chi connectivity index (χ3v) is 5.47. The maximum absolute atomic E-state index is 12.9. The van der Waals surface area contributed by atoms with Crippen LogP contribution >= 0.6 is 0 Å². The van der Waals surface area contributed by atoms with E-state index in [1.54, 1.807) is 24.0 Å². The monoisotopic (exact) mass is 409 g/mol. The predicted molar refractivity (Wildman–Crippen MR) is 113 cm³/mol. The molecule has 3 aromatic rings. The molecular weight excluding hydrogens is 382 g/mol. The third kappa shape index (κ3) is 4.08. The molecule has 0 bridgehead atoms. The lowest BCUT2D eigenvalue weighted by molar-refractivity contribution is -0.139. The van der Waals surface area contributed by atoms with Crippen LogP contribution in [-0.2, 0) is 11.8 Å². The number of benzene rings is 1. The minimum atomic E-state index is -0.541. The molecule has 158 valence electrons. The second-order valence-electron chi connectivity index (χ2n) is 7.50.